The molecular weight excluding hydrogens is 266 g/mol. The Kier molecular flexibility index (Phi) is 5.44. The summed E-state index contributed by atoms with van der Waals surface area (Å²) in [4.78, 5) is 11.8. The highest BCUT2D eigenvalue weighted by atomic mass is 16.3. The van der Waals surface area contributed by atoms with E-state index in [1.165, 1.54) is 0 Å². The van der Waals surface area contributed by atoms with Gasteiger partial charge in [0.1, 0.15) is 0 Å². The van der Waals surface area contributed by atoms with E-state index in [1.807, 2.05) is 6.92 Å². The second kappa shape index (κ2) is 7.31. The number of carbonyl (C=O) groups excluding carboxylic acids is 1. The minimum absolute atomic E-state index is 0.0821. The summed E-state index contributed by atoms with van der Waals surface area (Å²) in [7, 11) is 0. The van der Waals surface area contributed by atoms with Gasteiger partial charge in [-0.05, 0) is 56.7 Å². The van der Waals surface area contributed by atoms with Crippen LogP contribution in [0.4, 0.5) is 11.4 Å². The van der Waals surface area contributed by atoms with Crippen molar-refractivity contribution in [3.05, 3.63) is 23.8 Å². The number of nitrogen functional groups attached to an aromatic ring is 1. The van der Waals surface area contributed by atoms with Crippen molar-refractivity contribution in [2.45, 2.75) is 38.7 Å². The molecule has 1 aromatic rings. The Balaban J connectivity index is 1.95. The minimum atomic E-state index is -0.132. The lowest BCUT2D eigenvalue weighted by molar-refractivity contribution is 0.0955. The third-order valence-electron chi connectivity index (χ3n) is 4.05. The first-order valence-corrected chi connectivity index (χ1v) is 7.69. The molecule has 5 heteroatoms. The number of aliphatic hydroxyl groups excluding tert-OH is 1. The second-order valence-corrected chi connectivity index (χ2v) is 5.72. The number of rotatable bonds is 5. The molecule has 0 aromatic heterocycles. The molecule has 1 aliphatic carbocycles. The monoisotopic (exact) mass is 291 g/mol. The fourth-order valence-electron chi connectivity index (χ4n) is 2.72. The van der Waals surface area contributed by atoms with Crippen LogP contribution in [0.2, 0.25) is 0 Å². The van der Waals surface area contributed by atoms with Gasteiger partial charge in [0.05, 0.1) is 17.5 Å². The summed E-state index contributed by atoms with van der Waals surface area (Å²) in [5.41, 5.74) is 8.05. The van der Waals surface area contributed by atoms with E-state index in [4.69, 9.17) is 5.73 Å². The predicted molar refractivity (Wildman–Crippen MR) is 85.3 cm³/mol. The van der Waals surface area contributed by atoms with E-state index < -0.39 is 0 Å². The van der Waals surface area contributed by atoms with Crippen LogP contribution in [0.15, 0.2) is 18.2 Å². The van der Waals surface area contributed by atoms with Gasteiger partial charge in [-0.25, -0.2) is 0 Å². The SMILES string of the molecule is CCNC(=O)c1ccc(N)c(NCC2CCC(O)CC2)c1. The number of aliphatic hydroxyl groups is 1. The molecule has 1 aliphatic rings. The zero-order valence-corrected chi connectivity index (χ0v) is 12.6. The maximum Gasteiger partial charge on any atom is 0.251 e. The molecule has 1 aromatic carbocycles. The summed E-state index contributed by atoms with van der Waals surface area (Å²) < 4.78 is 0. The molecule has 1 fully saturated rings. The molecule has 2 rings (SSSR count). The zero-order valence-electron chi connectivity index (χ0n) is 12.6. The lowest BCUT2D eigenvalue weighted by Crippen LogP contribution is -2.24. The molecule has 0 saturated heterocycles. The van der Waals surface area contributed by atoms with Crippen LogP contribution in [0, 0.1) is 5.92 Å². The normalized spacial score (nSPS) is 21.8. The van der Waals surface area contributed by atoms with Crippen molar-refractivity contribution in [3.63, 3.8) is 0 Å². The first-order valence-electron chi connectivity index (χ1n) is 7.69. The smallest absolute Gasteiger partial charge is 0.251 e. The molecule has 1 amide bonds. The van der Waals surface area contributed by atoms with Crippen LogP contribution in [0.25, 0.3) is 0 Å². The molecule has 21 heavy (non-hydrogen) atoms. The van der Waals surface area contributed by atoms with Crippen LogP contribution in [-0.2, 0) is 0 Å². The van der Waals surface area contributed by atoms with Crippen molar-refractivity contribution in [1.82, 2.24) is 5.32 Å². The molecule has 0 radical (unpaired) electrons. The van der Waals surface area contributed by atoms with Gasteiger partial charge in [-0.15, -0.1) is 0 Å². The number of anilines is 2. The summed E-state index contributed by atoms with van der Waals surface area (Å²) >= 11 is 0. The molecule has 0 unspecified atom stereocenters. The van der Waals surface area contributed by atoms with Crippen molar-refractivity contribution >= 4 is 17.3 Å². The van der Waals surface area contributed by atoms with E-state index in [2.05, 4.69) is 10.6 Å². The van der Waals surface area contributed by atoms with Gasteiger partial charge in [0.2, 0.25) is 0 Å². The van der Waals surface area contributed by atoms with E-state index >= 15 is 0 Å². The van der Waals surface area contributed by atoms with Crippen LogP contribution in [0.1, 0.15) is 43.0 Å². The van der Waals surface area contributed by atoms with E-state index in [1.54, 1.807) is 18.2 Å². The van der Waals surface area contributed by atoms with Crippen molar-refractivity contribution in [2.75, 3.05) is 24.1 Å². The minimum Gasteiger partial charge on any atom is -0.397 e. The van der Waals surface area contributed by atoms with Crippen molar-refractivity contribution in [3.8, 4) is 0 Å². The summed E-state index contributed by atoms with van der Waals surface area (Å²) in [5.74, 6) is 0.474. The molecule has 0 heterocycles. The number of carbonyl (C=O) groups is 1. The maximum atomic E-state index is 11.8. The summed E-state index contributed by atoms with van der Waals surface area (Å²) in [6.45, 7) is 3.33. The van der Waals surface area contributed by atoms with Crippen molar-refractivity contribution in [2.24, 2.45) is 5.92 Å². The third-order valence-corrected chi connectivity index (χ3v) is 4.05. The highest BCUT2D eigenvalue weighted by molar-refractivity contribution is 5.96. The molecule has 116 valence electrons. The van der Waals surface area contributed by atoms with E-state index in [9.17, 15) is 9.90 Å². The Morgan fingerprint density at radius 2 is 2.05 bits per heavy atom. The van der Waals surface area contributed by atoms with Gasteiger partial charge in [-0.2, -0.15) is 0 Å². The Bertz CT molecular complexity index is 482. The Morgan fingerprint density at radius 1 is 1.33 bits per heavy atom. The molecule has 0 atom stereocenters. The number of hydrogen-bond donors (Lipinski definition) is 4. The highest BCUT2D eigenvalue weighted by Gasteiger charge is 2.19. The van der Waals surface area contributed by atoms with Gasteiger partial charge in [0.15, 0.2) is 0 Å². The van der Waals surface area contributed by atoms with Gasteiger partial charge in [-0.1, -0.05) is 0 Å². The van der Waals surface area contributed by atoms with E-state index in [0.717, 1.165) is 37.9 Å². The predicted octanol–water partition coefficient (Wildman–Crippen LogP) is 1.98. The number of benzene rings is 1. The average molecular weight is 291 g/mol. The molecule has 0 bridgehead atoms. The van der Waals surface area contributed by atoms with Gasteiger partial charge in [0, 0.05) is 18.7 Å². The number of amides is 1. The molecule has 0 spiro atoms. The molecular formula is C16H25N3O2. The maximum absolute atomic E-state index is 11.8. The molecule has 1 saturated carbocycles. The van der Waals surface area contributed by atoms with Crippen molar-refractivity contribution in [1.29, 1.82) is 0 Å². The van der Waals surface area contributed by atoms with Gasteiger partial charge < -0.3 is 21.5 Å². The second-order valence-electron chi connectivity index (χ2n) is 5.72. The van der Waals surface area contributed by atoms with Gasteiger partial charge >= 0.3 is 0 Å². The average Bonchev–Trinajstić information content (AvgIpc) is 2.48. The largest absolute Gasteiger partial charge is 0.397 e. The first kappa shape index (κ1) is 15.6. The van der Waals surface area contributed by atoms with Crippen LogP contribution in [0.3, 0.4) is 0 Å². The van der Waals surface area contributed by atoms with E-state index in [-0.39, 0.29) is 12.0 Å². The van der Waals surface area contributed by atoms with Crippen LogP contribution in [-0.4, -0.2) is 30.2 Å². The third kappa shape index (κ3) is 4.36. The molecule has 0 aliphatic heterocycles. The summed E-state index contributed by atoms with van der Waals surface area (Å²) in [6.07, 6.45) is 3.68. The fourth-order valence-corrected chi connectivity index (χ4v) is 2.72. The lowest BCUT2D eigenvalue weighted by atomic mass is 9.87. The Hall–Kier alpha value is -1.75. The highest BCUT2D eigenvalue weighted by Crippen LogP contribution is 2.26. The van der Waals surface area contributed by atoms with Gasteiger partial charge in [0.25, 0.3) is 5.91 Å². The molecule has 5 N–H and O–H groups in total. The van der Waals surface area contributed by atoms with Gasteiger partial charge in [-0.3, -0.25) is 4.79 Å². The quantitative estimate of drug-likeness (QED) is 0.625. The Labute approximate surface area is 125 Å². The number of nitrogens with two attached hydrogens (primary N) is 1. The number of nitrogens with one attached hydrogen (secondary N) is 2. The summed E-state index contributed by atoms with van der Waals surface area (Å²) in [5, 5.41) is 15.7. The van der Waals surface area contributed by atoms with Crippen LogP contribution < -0.4 is 16.4 Å². The van der Waals surface area contributed by atoms with Crippen LogP contribution >= 0.6 is 0 Å². The fraction of sp³-hybridized carbons (Fsp3) is 0.562. The number of hydrogen-bond acceptors (Lipinski definition) is 4. The van der Waals surface area contributed by atoms with E-state index in [0.29, 0.717) is 23.7 Å². The van der Waals surface area contributed by atoms with Crippen molar-refractivity contribution < 1.29 is 9.90 Å². The zero-order chi connectivity index (χ0) is 15.2. The standard InChI is InChI=1S/C16H25N3O2/c1-2-18-16(21)12-5-8-14(17)15(9-12)19-10-11-3-6-13(20)7-4-11/h5,8-9,11,13,19-20H,2-4,6-7,10,17H2,1H3,(H,18,21). The summed E-state index contributed by atoms with van der Waals surface area (Å²) in [6, 6.07) is 5.30. The topological polar surface area (TPSA) is 87.4 Å². The first-order chi connectivity index (χ1) is 10.1. The lowest BCUT2D eigenvalue weighted by Gasteiger charge is -2.26. The Morgan fingerprint density at radius 3 is 2.71 bits per heavy atom. The van der Waals surface area contributed by atoms with Crippen LogP contribution in [0.5, 0.6) is 0 Å². The molecule has 5 nitrogen and oxygen atoms in total.